The Kier molecular flexibility index (Phi) is 7.63. The van der Waals surface area contributed by atoms with Crippen LogP contribution in [0.1, 0.15) is 41.1 Å². The lowest BCUT2D eigenvalue weighted by atomic mass is 10.0. The van der Waals surface area contributed by atoms with Crippen LogP contribution in [0.15, 0.2) is 30.6 Å². The summed E-state index contributed by atoms with van der Waals surface area (Å²) in [6.07, 6.45) is 2.76. The zero-order chi connectivity index (χ0) is 23.3. The van der Waals surface area contributed by atoms with Gasteiger partial charge in [0.15, 0.2) is 0 Å². The van der Waals surface area contributed by atoms with Crippen LogP contribution in [0.2, 0.25) is 0 Å². The molecule has 3 rings (SSSR count). The molecule has 8 nitrogen and oxygen atoms in total. The minimum Gasteiger partial charge on any atom is -0.497 e. The lowest BCUT2D eigenvalue weighted by Gasteiger charge is -2.17. The Balaban J connectivity index is 1.77. The monoisotopic (exact) mass is 455 g/mol. The average Bonchev–Trinajstić information content (AvgIpc) is 3.10. The topological polar surface area (TPSA) is 119 Å². The quantitative estimate of drug-likeness (QED) is 0.432. The number of amides is 2. The number of ether oxygens (including phenoxy) is 1. The molecule has 2 aromatic heterocycles. The van der Waals surface area contributed by atoms with Gasteiger partial charge < -0.3 is 21.1 Å². The predicted octanol–water partition coefficient (Wildman–Crippen LogP) is 3.29. The normalized spacial score (nSPS) is 12.0. The lowest BCUT2D eigenvalue weighted by Crippen LogP contribution is -2.45. The molecule has 4 N–H and O–H groups in total. The number of anilines is 1. The van der Waals surface area contributed by atoms with Crippen LogP contribution >= 0.6 is 11.3 Å². The first-order valence-electron chi connectivity index (χ1n) is 10.5. The van der Waals surface area contributed by atoms with E-state index in [4.69, 9.17) is 10.5 Å². The van der Waals surface area contributed by atoms with Crippen LogP contribution in [0.3, 0.4) is 0 Å². The molecule has 2 heterocycles. The van der Waals surface area contributed by atoms with Crippen LogP contribution < -0.4 is 21.1 Å². The van der Waals surface area contributed by atoms with Crippen LogP contribution in [0.25, 0.3) is 10.2 Å². The molecule has 3 aromatic rings. The third-order valence-electron chi connectivity index (χ3n) is 5.13. The maximum absolute atomic E-state index is 12.9. The number of fused-ring (bicyclic) bond motifs is 1. The summed E-state index contributed by atoms with van der Waals surface area (Å²) in [6.45, 7) is 6.48. The van der Waals surface area contributed by atoms with Crippen molar-refractivity contribution in [1.82, 2.24) is 15.3 Å². The molecule has 0 radical (unpaired) electrons. The molecule has 0 saturated heterocycles. The second-order valence-corrected chi connectivity index (χ2v) is 9.04. The van der Waals surface area contributed by atoms with Crippen molar-refractivity contribution >= 4 is 39.2 Å². The molecule has 1 atom stereocenters. The zero-order valence-electron chi connectivity index (χ0n) is 18.8. The summed E-state index contributed by atoms with van der Waals surface area (Å²) < 4.78 is 5.27. The van der Waals surface area contributed by atoms with E-state index in [2.05, 4.69) is 20.6 Å². The summed E-state index contributed by atoms with van der Waals surface area (Å²) >= 11 is 1.28. The Bertz CT molecular complexity index is 1110. The Labute approximate surface area is 191 Å². The Morgan fingerprint density at radius 3 is 2.72 bits per heavy atom. The van der Waals surface area contributed by atoms with Crippen LogP contribution in [-0.4, -0.2) is 41.5 Å². The first kappa shape index (κ1) is 23.5. The van der Waals surface area contributed by atoms with Gasteiger partial charge in [-0.2, -0.15) is 0 Å². The van der Waals surface area contributed by atoms with Gasteiger partial charge in [-0.25, -0.2) is 9.97 Å². The predicted molar refractivity (Wildman–Crippen MR) is 127 cm³/mol. The van der Waals surface area contributed by atoms with Gasteiger partial charge in [0, 0.05) is 6.54 Å². The number of carbonyl (C=O) groups excluding carboxylic acids is 2. The number of nitrogens with two attached hydrogens (primary N) is 1. The van der Waals surface area contributed by atoms with E-state index >= 15 is 0 Å². The van der Waals surface area contributed by atoms with E-state index in [0.29, 0.717) is 28.5 Å². The number of nitrogens with one attached hydrogen (secondary N) is 2. The first-order chi connectivity index (χ1) is 15.3. The van der Waals surface area contributed by atoms with Crippen molar-refractivity contribution in [3.8, 4) is 5.75 Å². The van der Waals surface area contributed by atoms with E-state index in [1.54, 1.807) is 7.11 Å². The van der Waals surface area contributed by atoms with E-state index < -0.39 is 11.9 Å². The number of primary amides is 1. The van der Waals surface area contributed by atoms with Gasteiger partial charge in [-0.1, -0.05) is 26.0 Å². The third kappa shape index (κ3) is 5.53. The molecule has 0 bridgehead atoms. The van der Waals surface area contributed by atoms with Crippen molar-refractivity contribution in [2.24, 2.45) is 11.7 Å². The number of hydrogen-bond donors (Lipinski definition) is 3. The molecule has 0 aliphatic rings. The highest BCUT2D eigenvalue weighted by molar-refractivity contribution is 7.20. The number of rotatable bonds is 10. The van der Waals surface area contributed by atoms with Gasteiger partial charge >= 0.3 is 0 Å². The molecular weight excluding hydrogens is 426 g/mol. The van der Waals surface area contributed by atoms with E-state index in [1.807, 2.05) is 45.0 Å². The Morgan fingerprint density at radius 1 is 1.25 bits per heavy atom. The van der Waals surface area contributed by atoms with Crippen molar-refractivity contribution in [3.63, 3.8) is 0 Å². The second-order valence-electron chi connectivity index (χ2n) is 8.04. The number of nitrogens with zero attached hydrogens (tertiary/aromatic N) is 2. The number of hydrogen-bond acceptors (Lipinski definition) is 7. The summed E-state index contributed by atoms with van der Waals surface area (Å²) in [7, 11) is 1.65. The summed E-state index contributed by atoms with van der Waals surface area (Å²) in [6, 6.07) is 7.21. The van der Waals surface area contributed by atoms with Gasteiger partial charge in [0.05, 0.1) is 17.4 Å². The van der Waals surface area contributed by atoms with Crippen molar-refractivity contribution in [2.75, 3.05) is 19.0 Å². The zero-order valence-corrected chi connectivity index (χ0v) is 19.6. The van der Waals surface area contributed by atoms with Crippen molar-refractivity contribution in [2.45, 2.75) is 39.7 Å². The largest absolute Gasteiger partial charge is 0.497 e. The number of aryl methyl sites for hydroxylation is 1. The minimum absolute atomic E-state index is 0.225. The fraction of sp³-hybridized carbons (Fsp3) is 0.391. The molecular formula is C23H29N5O3S. The molecule has 0 unspecified atom stereocenters. The lowest BCUT2D eigenvalue weighted by molar-refractivity contribution is -0.120. The van der Waals surface area contributed by atoms with Gasteiger partial charge in [0.25, 0.3) is 5.91 Å². The van der Waals surface area contributed by atoms with Crippen LogP contribution in [0, 0.1) is 12.8 Å². The highest BCUT2D eigenvalue weighted by Crippen LogP contribution is 2.33. The number of methoxy groups -OCH3 is 1. The van der Waals surface area contributed by atoms with E-state index in [1.165, 1.54) is 17.7 Å². The van der Waals surface area contributed by atoms with Crippen molar-refractivity contribution in [1.29, 1.82) is 0 Å². The number of thiophene rings is 1. The summed E-state index contributed by atoms with van der Waals surface area (Å²) in [5.74, 6) is 0.868. The van der Waals surface area contributed by atoms with Crippen molar-refractivity contribution < 1.29 is 14.3 Å². The van der Waals surface area contributed by atoms with Gasteiger partial charge in [-0.15, -0.1) is 11.3 Å². The van der Waals surface area contributed by atoms with Crippen LogP contribution in [0.5, 0.6) is 5.75 Å². The third-order valence-corrected chi connectivity index (χ3v) is 6.33. The molecule has 0 aliphatic heterocycles. The fourth-order valence-electron chi connectivity index (χ4n) is 3.52. The molecule has 32 heavy (non-hydrogen) atoms. The summed E-state index contributed by atoms with van der Waals surface area (Å²) in [5.41, 5.74) is 7.40. The van der Waals surface area contributed by atoms with E-state index in [-0.39, 0.29) is 11.8 Å². The molecule has 0 saturated carbocycles. The highest BCUT2D eigenvalue weighted by atomic mass is 32.1. The summed E-state index contributed by atoms with van der Waals surface area (Å²) in [4.78, 5) is 34.6. The molecule has 170 valence electrons. The molecule has 1 aromatic carbocycles. The van der Waals surface area contributed by atoms with Crippen molar-refractivity contribution in [3.05, 3.63) is 46.6 Å². The fourth-order valence-corrected chi connectivity index (χ4v) is 4.57. The van der Waals surface area contributed by atoms with Gasteiger partial charge in [-0.05, 0) is 48.9 Å². The summed E-state index contributed by atoms with van der Waals surface area (Å²) in [5, 5.41) is 6.95. The minimum atomic E-state index is -0.710. The number of aromatic nitrogens is 2. The molecule has 9 heteroatoms. The van der Waals surface area contributed by atoms with Crippen LogP contribution in [0.4, 0.5) is 5.82 Å². The molecule has 0 spiro atoms. The Hall–Kier alpha value is -3.20. The van der Waals surface area contributed by atoms with Crippen LogP contribution in [-0.2, 0) is 11.2 Å². The Morgan fingerprint density at radius 2 is 2.03 bits per heavy atom. The van der Waals surface area contributed by atoms with Gasteiger partial charge in [0.1, 0.15) is 28.8 Å². The molecule has 0 fully saturated rings. The molecule has 2 amide bonds. The second kappa shape index (κ2) is 10.4. The first-order valence-corrected chi connectivity index (χ1v) is 11.3. The standard InChI is InChI=1S/C23H29N5O3S/c1-13(2)10-17(20(24)29)28-22(30)19-14(3)18-21(26-12-27-23(18)32-19)25-9-8-15-6-5-7-16(11-15)31-4/h5-7,11-13,17H,8-10H2,1-4H3,(H2,24,29)(H,28,30)(H,25,26,27)/t17-/m0/s1. The number of benzene rings is 1. The maximum atomic E-state index is 12.9. The van der Waals surface area contributed by atoms with Gasteiger partial charge in [-0.3, -0.25) is 9.59 Å². The smallest absolute Gasteiger partial charge is 0.262 e. The molecule has 0 aliphatic carbocycles. The number of carbonyl (C=O) groups is 2. The highest BCUT2D eigenvalue weighted by Gasteiger charge is 2.24. The average molecular weight is 456 g/mol. The van der Waals surface area contributed by atoms with E-state index in [9.17, 15) is 9.59 Å². The maximum Gasteiger partial charge on any atom is 0.262 e. The SMILES string of the molecule is COc1cccc(CCNc2ncnc3sc(C(=O)N[C@@H](CC(C)C)C(N)=O)c(C)c23)c1. The van der Waals surface area contributed by atoms with E-state index in [0.717, 1.165) is 28.7 Å². The van der Waals surface area contributed by atoms with Gasteiger partial charge in [0.2, 0.25) is 5.91 Å².